The zero-order chi connectivity index (χ0) is 22.7. The van der Waals surface area contributed by atoms with E-state index in [1.54, 1.807) is 6.26 Å². The van der Waals surface area contributed by atoms with Gasteiger partial charge in [0.1, 0.15) is 17.6 Å². The molecule has 9 heteroatoms. The number of furan rings is 1. The van der Waals surface area contributed by atoms with Crippen molar-refractivity contribution in [3.63, 3.8) is 0 Å². The van der Waals surface area contributed by atoms with Gasteiger partial charge in [-0.05, 0) is 43.0 Å². The second-order valence-corrected chi connectivity index (χ2v) is 8.75. The maximum Gasteiger partial charge on any atom is 0.264 e. The molecule has 4 heterocycles. The van der Waals surface area contributed by atoms with Gasteiger partial charge in [0.2, 0.25) is 5.91 Å². The predicted molar refractivity (Wildman–Crippen MR) is 122 cm³/mol. The predicted octanol–water partition coefficient (Wildman–Crippen LogP) is 3.08. The number of nitrogens with one attached hydrogen (secondary N) is 1. The second kappa shape index (κ2) is 9.42. The first kappa shape index (κ1) is 21.9. The number of carbonyl (C=O) groups is 2. The smallest absolute Gasteiger partial charge is 0.264 e. The summed E-state index contributed by atoms with van der Waals surface area (Å²) in [6, 6.07) is 9.61. The van der Waals surface area contributed by atoms with E-state index in [-0.39, 0.29) is 18.4 Å². The van der Waals surface area contributed by atoms with E-state index in [0.717, 1.165) is 21.9 Å². The van der Waals surface area contributed by atoms with E-state index in [1.165, 1.54) is 11.3 Å². The molecule has 166 valence electrons. The van der Waals surface area contributed by atoms with E-state index in [4.69, 9.17) is 4.42 Å². The van der Waals surface area contributed by atoms with Gasteiger partial charge in [-0.1, -0.05) is 6.07 Å². The van der Waals surface area contributed by atoms with Gasteiger partial charge < -0.3 is 19.2 Å². The Morgan fingerprint density at radius 2 is 1.97 bits per heavy atom. The molecule has 4 rings (SSSR count). The molecule has 0 bridgehead atoms. The van der Waals surface area contributed by atoms with Crippen molar-refractivity contribution in [3.05, 3.63) is 63.4 Å². The van der Waals surface area contributed by atoms with Gasteiger partial charge in [-0.3, -0.25) is 14.5 Å². The van der Waals surface area contributed by atoms with Gasteiger partial charge in [-0.25, -0.2) is 0 Å². The first-order valence-corrected chi connectivity index (χ1v) is 11.3. The molecule has 32 heavy (non-hydrogen) atoms. The lowest BCUT2D eigenvalue weighted by Crippen LogP contribution is -2.50. The van der Waals surface area contributed by atoms with Crippen LogP contribution in [0.4, 0.5) is 5.82 Å². The monoisotopic (exact) mass is 451 g/mol. The molecule has 0 unspecified atom stereocenters. The van der Waals surface area contributed by atoms with Crippen LogP contribution in [-0.2, 0) is 11.3 Å². The van der Waals surface area contributed by atoms with Crippen LogP contribution >= 0.6 is 11.3 Å². The minimum absolute atomic E-state index is 0.0458. The number of carbonyl (C=O) groups excluding carboxylic acids is 2. The number of amides is 2. The number of nitriles is 1. The quantitative estimate of drug-likeness (QED) is 0.622. The molecule has 0 radical (unpaired) electrons. The fourth-order valence-corrected chi connectivity index (χ4v) is 4.62. The summed E-state index contributed by atoms with van der Waals surface area (Å²) in [6.07, 6.45) is 1.60. The van der Waals surface area contributed by atoms with Gasteiger partial charge in [0, 0.05) is 31.9 Å². The van der Waals surface area contributed by atoms with Gasteiger partial charge >= 0.3 is 0 Å². The Kier molecular flexibility index (Phi) is 6.44. The number of hydrogen-bond donors (Lipinski definition) is 1. The van der Waals surface area contributed by atoms with Crippen molar-refractivity contribution in [2.45, 2.75) is 20.4 Å². The highest BCUT2D eigenvalue weighted by atomic mass is 32.1. The van der Waals surface area contributed by atoms with Crippen LogP contribution < -0.4 is 5.32 Å². The molecule has 0 aliphatic carbocycles. The zero-order valence-corrected chi connectivity index (χ0v) is 18.9. The number of aromatic nitrogens is 1. The van der Waals surface area contributed by atoms with E-state index in [1.807, 2.05) is 57.9 Å². The number of thiophene rings is 1. The molecule has 8 nitrogen and oxygen atoms in total. The zero-order valence-electron chi connectivity index (χ0n) is 18.1. The molecule has 0 aromatic carbocycles. The molecule has 3 aromatic rings. The average molecular weight is 452 g/mol. The molecular formula is C23H25N5O3S. The minimum Gasteiger partial charge on any atom is -0.467 e. The minimum atomic E-state index is -0.183. The standard InChI is InChI=1S/C23H25N5O3S/c1-16-17(2)28(14-18-5-3-11-31-18)22(19(16)13-24)25-21(29)15-26-7-9-27(10-8-26)23(30)20-6-4-12-32-20/h3-6,11-12H,7-10,14-15H2,1-2H3,(H,25,29). The van der Waals surface area contributed by atoms with Crippen molar-refractivity contribution < 1.29 is 14.0 Å². The van der Waals surface area contributed by atoms with Crippen molar-refractivity contribution in [3.8, 4) is 6.07 Å². The molecule has 1 saturated heterocycles. The van der Waals surface area contributed by atoms with Gasteiger partial charge in [0.15, 0.2) is 0 Å². The summed E-state index contributed by atoms with van der Waals surface area (Å²) in [5.41, 5.74) is 2.22. The van der Waals surface area contributed by atoms with Crippen LogP contribution in [0.15, 0.2) is 40.3 Å². The Bertz CT molecular complexity index is 1130. The van der Waals surface area contributed by atoms with Gasteiger partial charge in [-0.2, -0.15) is 5.26 Å². The first-order chi connectivity index (χ1) is 15.5. The maximum absolute atomic E-state index is 12.8. The summed E-state index contributed by atoms with van der Waals surface area (Å²) >= 11 is 1.44. The van der Waals surface area contributed by atoms with E-state index < -0.39 is 0 Å². The van der Waals surface area contributed by atoms with E-state index in [0.29, 0.717) is 44.1 Å². The Morgan fingerprint density at radius 3 is 2.59 bits per heavy atom. The molecule has 1 fully saturated rings. The van der Waals surface area contributed by atoms with Crippen LogP contribution in [0.2, 0.25) is 0 Å². The maximum atomic E-state index is 12.8. The fraction of sp³-hybridized carbons (Fsp3) is 0.348. The third-order valence-corrected chi connectivity index (χ3v) is 6.71. The van der Waals surface area contributed by atoms with Gasteiger partial charge in [-0.15, -0.1) is 11.3 Å². The number of hydrogen-bond acceptors (Lipinski definition) is 6. The normalized spacial score (nSPS) is 14.3. The van der Waals surface area contributed by atoms with E-state index in [9.17, 15) is 14.9 Å². The largest absolute Gasteiger partial charge is 0.467 e. The molecule has 2 amide bonds. The van der Waals surface area contributed by atoms with Crippen molar-refractivity contribution in [1.29, 1.82) is 5.26 Å². The molecule has 3 aromatic heterocycles. The summed E-state index contributed by atoms with van der Waals surface area (Å²) in [5.74, 6) is 1.10. The lowest BCUT2D eigenvalue weighted by atomic mass is 10.2. The molecule has 0 atom stereocenters. The summed E-state index contributed by atoms with van der Waals surface area (Å²) in [7, 11) is 0. The lowest BCUT2D eigenvalue weighted by molar-refractivity contribution is -0.117. The number of nitrogens with zero attached hydrogens (tertiary/aromatic N) is 4. The Morgan fingerprint density at radius 1 is 1.19 bits per heavy atom. The molecular weight excluding hydrogens is 426 g/mol. The lowest BCUT2D eigenvalue weighted by Gasteiger charge is -2.34. The average Bonchev–Trinajstić information content (AvgIpc) is 3.54. The van der Waals surface area contributed by atoms with Crippen molar-refractivity contribution in [2.24, 2.45) is 0 Å². The second-order valence-electron chi connectivity index (χ2n) is 7.81. The topological polar surface area (TPSA) is 94.5 Å². The Balaban J connectivity index is 1.40. The number of anilines is 1. The van der Waals surface area contributed by atoms with Crippen molar-refractivity contribution in [2.75, 3.05) is 38.0 Å². The Labute approximate surface area is 190 Å². The van der Waals surface area contributed by atoms with E-state index >= 15 is 0 Å². The van der Waals surface area contributed by atoms with Crippen LogP contribution in [0.25, 0.3) is 0 Å². The highest BCUT2D eigenvalue weighted by molar-refractivity contribution is 7.12. The van der Waals surface area contributed by atoms with Crippen molar-refractivity contribution in [1.82, 2.24) is 14.4 Å². The van der Waals surface area contributed by atoms with Crippen LogP contribution in [0.5, 0.6) is 0 Å². The third kappa shape index (κ3) is 4.47. The van der Waals surface area contributed by atoms with Crippen LogP contribution in [0.3, 0.4) is 0 Å². The number of rotatable bonds is 6. The van der Waals surface area contributed by atoms with Crippen molar-refractivity contribution >= 4 is 29.0 Å². The molecule has 1 aliphatic rings. The summed E-state index contributed by atoms with van der Waals surface area (Å²) in [5, 5.41) is 14.5. The SMILES string of the molecule is Cc1c(C#N)c(NC(=O)CN2CCN(C(=O)c3cccs3)CC2)n(Cc2ccco2)c1C. The van der Waals surface area contributed by atoms with E-state index in [2.05, 4.69) is 11.4 Å². The Hall–Kier alpha value is -3.35. The molecule has 1 N–H and O–H groups in total. The summed E-state index contributed by atoms with van der Waals surface area (Å²) in [6.45, 7) is 6.87. The molecule has 0 spiro atoms. The number of piperazine rings is 1. The first-order valence-electron chi connectivity index (χ1n) is 10.4. The molecule has 1 aliphatic heterocycles. The van der Waals surface area contributed by atoms with Gasteiger partial charge in [0.25, 0.3) is 5.91 Å². The summed E-state index contributed by atoms with van der Waals surface area (Å²) in [4.78, 5) is 29.9. The van der Waals surface area contributed by atoms with Crippen LogP contribution in [-0.4, -0.2) is 58.9 Å². The highest BCUT2D eigenvalue weighted by Gasteiger charge is 2.25. The fourth-order valence-electron chi connectivity index (χ4n) is 3.93. The van der Waals surface area contributed by atoms with Crippen LogP contribution in [0, 0.1) is 25.2 Å². The van der Waals surface area contributed by atoms with Crippen LogP contribution in [0.1, 0.15) is 32.3 Å². The van der Waals surface area contributed by atoms with Gasteiger partial charge in [0.05, 0.1) is 29.8 Å². The summed E-state index contributed by atoms with van der Waals surface area (Å²) < 4.78 is 7.36. The highest BCUT2D eigenvalue weighted by Crippen LogP contribution is 2.27. The molecule has 0 saturated carbocycles. The third-order valence-electron chi connectivity index (χ3n) is 5.85.